The maximum absolute atomic E-state index is 12.0. The summed E-state index contributed by atoms with van der Waals surface area (Å²) in [5.41, 5.74) is 7.12. The second kappa shape index (κ2) is 6.94. The number of unbranched alkanes of at least 4 members (excludes halogenated alkanes) is 1. The van der Waals surface area contributed by atoms with E-state index in [1.165, 1.54) is 0 Å². The van der Waals surface area contributed by atoms with Crippen molar-refractivity contribution in [1.82, 2.24) is 0 Å². The number of anilines is 2. The van der Waals surface area contributed by atoms with Gasteiger partial charge in [-0.15, -0.1) is 0 Å². The van der Waals surface area contributed by atoms with Gasteiger partial charge in [0.05, 0.1) is 0 Å². The summed E-state index contributed by atoms with van der Waals surface area (Å²) in [5.74, 6) is 0.234. The second-order valence-corrected chi connectivity index (χ2v) is 4.36. The lowest BCUT2D eigenvalue weighted by atomic mass is 9.98. The molecule has 0 aliphatic heterocycles. The van der Waals surface area contributed by atoms with Gasteiger partial charge in [-0.1, -0.05) is 26.7 Å². The first-order valence-electron chi connectivity index (χ1n) is 6.33. The summed E-state index contributed by atoms with van der Waals surface area (Å²) in [5, 5.41) is 2.93. The summed E-state index contributed by atoms with van der Waals surface area (Å²) in [4.78, 5) is 12.0. The Labute approximate surface area is 103 Å². The van der Waals surface area contributed by atoms with Crippen molar-refractivity contribution in [1.29, 1.82) is 0 Å². The maximum Gasteiger partial charge on any atom is 0.227 e. The second-order valence-electron chi connectivity index (χ2n) is 4.36. The highest BCUT2D eigenvalue weighted by Gasteiger charge is 2.15. The molecule has 0 unspecified atom stereocenters. The van der Waals surface area contributed by atoms with Gasteiger partial charge >= 0.3 is 0 Å². The molecule has 0 saturated heterocycles. The molecule has 0 fully saturated rings. The summed E-state index contributed by atoms with van der Waals surface area (Å²) in [6.07, 6.45) is 4.09. The predicted octanol–water partition coefficient (Wildman–Crippen LogP) is 3.42. The van der Waals surface area contributed by atoms with Crippen LogP contribution >= 0.6 is 0 Å². The molecule has 0 aromatic heterocycles. The van der Waals surface area contributed by atoms with Crippen molar-refractivity contribution in [2.75, 3.05) is 11.1 Å². The summed E-state index contributed by atoms with van der Waals surface area (Å²) < 4.78 is 0. The maximum atomic E-state index is 12.0. The molecule has 1 atom stereocenters. The van der Waals surface area contributed by atoms with Crippen LogP contribution in [0.3, 0.4) is 0 Å². The third-order valence-corrected chi connectivity index (χ3v) is 2.95. The van der Waals surface area contributed by atoms with Crippen molar-refractivity contribution in [3.63, 3.8) is 0 Å². The largest absolute Gasteiger partial charge is 0.399 e. The third kappa shape index (κ3) is 4.47. The number of nitrogens with one attached hydrogen (secondary N) is 1. The number of nitrogen functional groups attached to an aromatic ring is 1. The van der Waals surface area contributed by atoms with Gasteiger partial charge in [-0.25, -0.2) is 0 Å². The molecule has 0 saturated carbocycles. The average molecular weight is 234 g/mol. The number of carbonyl (C=O) groups excluding carboxylic acids is 1. The fourth-order valence-corrected chi connectivity index (χ4v) is 1.78. The van der Waals surface area contributed by atoms with E-state index in [0.29, 0.717) is 5.69 Å². The van der Waals surface area contributed by atoms with Gasteiger partial charge in [-0.2, -0.15) is 0 Å². The lowest BCUT2D eigenvalue weighted by molar-refractivity contribution is -0.120. The van der Waals surface area contributed by atoms with Gasteiger partial charge in [0, 0.05) is 17.3 Å². The molecule has 0 aliphatic rings. The fourth-order valence-electron chi connectivity index (χ4n) is 1.78. The highest BCUT2D eigenvalue weighted by molar-refractivity contribution is 5.92. The first-order valence-corrected chi connectivity index (χ1v) is 6.33. The van der Waals surface area contributed by atoms with Crippen LogP contribution in [0.1, 0.15) is 39.5 Å². The van der Waals surface area contributed by atoms with E-state index < -0.39 is 0 Å². The van der Waals surface area contributed by atoms with Gasteiger partial charge < -0.3 is 11.1 Å². The molecule has 0 spiro atoms. The molecule has 0 radical (unpaired) electrons. The lowest BCUT2D eigenvalue weighted by Gasteiger charge is -2.14. The van der Waals surface area contributed by atoms with Crippen LogP contribution < -0.4 is 11.1 Å². The van der Waals surface area contributed by atoms with E-state index in [-0.39, 0.29) is 11.8 Å². The number of rotatable bonds is 6. The molecule has 3 heteroatoms. The molecular formula is C14H22N2O. The Bertz CT molecular complexity index is 346. The predicted molar refractivity (Wildman–Crippen MR) is 72.8 cm³/mol. The van der Waals surface area contributed by atoms with Crippen molar-refractivity contribution >= 4 is 17.3 Å². The Hall–Kier alpha value is -1.51. The topological polar surface area (TPSA) is 55.1 Å². The van der Waals surface area contributed by atoms with Crippen molar-refractivity contribution in [3.8, 4) is 0 Å². The van der Waals surface area contributed by atoms with Crippen molar-refractivity contribution < 1.29 is 4.79 Å². The summed E-state index contributed by atoms with van der Waals surface area (Å²) in [6.45, 7) is 4.20. The molecule has 0 aliphatic carbocycles. The van der Waals surface area contributed by atoms with Gasteiger partial charge in [-0.05, 0) is 37.1 Å². The van der Waals surface area contributed by atoms with Crippen LogP contribution in [0.5, 0.6) is 0 Å². The quantitative estimate of drug-likeness (QED) is 0.741. The van der Waals surface area contributed by atoms with Crippen LogP contribution in [0.2, 0.25) is 0 Å². The van der Waals surface area contributed by atoms with E-state index in [4.69, 9.17) is 5.73 Å². The summed E-state index contributed by atoms with van der Waals surface area (Å²) in [6, 6.07) is 7.25. The Morgan fingerprint density at radius 1 is 1.29 bits per heavy atom. The van der Waals surface area contributed by atoms with E-state index in [1.54, 1.807) is 12.1 Å². The monoisotopic (exact) mass is 234 g/mol. The standard InChI is InChI=1S/C14H22N2O/c1-3-5-6-11(4-2)14(17)16-13-9-7-12(15)8-10-13/h7-11H,3-6,15H2,1-2H3,(H,16,17)/t11-/m1/s1. The normalized spacial score (nSPS) is 12.1. The van der Waals surface area contributed by atoms with Crippen LogP contribution in [0.15, 0.2) is 24.3 Å². The van der Waals surface area contributed by atoms with E-state index in [1.807, 2.05) is 12.1 Å². The number of benzene rings is 1. The molecule has 1 aromatic carbocycles. The molecule has 3 N–H and O–H groups in total. The lowest BCUT2D eigenvalue weighted by Crippen LogP contribution is -2.22. The van der Waals surface area contributed by atoms with E-state index in [0.717, 1.165) is 31.4 Å². The molecule has 3 nitrogen and oxygen atoms in total. The van der Waals surface area contributed by atoms with Gasteiger partial charge in [0.25, 0.3) is 0 Å². The Morgan fingerprint density at radius 3 is 2.47 bits per heavy atom. The highest BCUT2D eigenvalue weighted by Crippen LogP contribution is 2.17. The smallest absolute Gasteiger partial charge is 0.227 e. The minimum Gasteiger partial charge on any atom is -0.399 e. The molecule has 1 rings (SSSR count). The van der Waals surface area contributed by atoms with E-state index >= 15 is 0 Å². The van der Waals surface area contributed by atoms with Gasteiger partial charge in [0.1, 0.15) is 0 Å². The number of hydrogen-bond acceptors (Lipinski definition) is 2. The zero-order valence-corrected chi connectivity index (χ0v) is 10.7. The number of carbonyl (C=O) groups is 1. The van der Waals surface area contributed by atoms with Crippen LogP contribution in [-0.4, -0.2) is 5.91 Å². The molecule has 17 heavy (non-hydrogen) atoms. The molecule has 1 amide bonds. The minimum absolute atomic E-state index is 0.116. The van der Waals surface area contributed by atoms with Gasteiger partial charge in [0.15, 0.2) is 0 Å². The van der Waals surface area contributed by atoms with Crippen LogP contribution in [0, 0.1) is 5.92 Å². The molecule has 0 bridgehead atoms. The zero-order valence-electron chi connectivity index (χ0n) is 10.7. The molecular weight excluding hydrogens is 212 g/mol. The van der Waals surface area contributed by atoms with Crippen molar-refractivity contribution in [2.45, 2.75) is 39.5 Å². The van der Waals surface area contributed by atoms with Crippen molar-refractivity contribution in [2.24, 2.45) is 5.92 Å². The first-order chi connectivity index (χ1) is 8.17. The Kier molecular flexibility index (Phi) is 5.53. The fraction of sp³-hybridized carbons (Fsp3) is 0.500. The number of amides is 1. The number of nitrogens with two attached hydrogens (primary N) is 1. The molecule has 94 valence electrons. The molecule has 1 aromatic rings. The van der Waals surface area contributed by atoms with Gasteiger partial charge in [-0.3, -0.25) is 4.79 Å². The highest BCUT2D eigenvalue weighted by atomic mass is 16.1. The minimum atomic E-state index is 0.116. The van der Waals surface area contributed by atoms with Crippen LogP contribution in [0.25, 0.3) is 0 Å². The van der Waals surface area contributed by atoms with Gasteiger partial charge in [0.2, 0.25) is 5.91 Å². The van der Waals surface area contributed by atoms with E-state index in [9.17, 15) is 4.79 Å². The summed E-state index contributed by atoms with van der Waals surface area (Å²) >= 11 is 0. The Morgan fingerprint density at radius 2 is 1.94 bits per heavy atom. The molecule has 0 heterocycles. The van der Waals surface area contributed by atoms with Crippen molar-refractivity contribution in [3.05, 3.63) is 24.3 Å². The Balaban J connectivity index is 2.54. The first kappa shape index (κ1) is 13.6. The van der Waals surface area contributed by atoms with Crippen LogP contribution in [-0.2, 0) is 4.79 Å². The number of hydrogen-bond donors (Lipinski definition) is 2. The van der Waals surface area contributed by atoms with E-state index in [2.05, 4.69) is 19.2 Å². The average Bonchev–Trinajstić information content (AvgIpc) is 2.33. The zero-order chi connectivity index (χ0) is 12.7. The van der Waals surface area contributed by atoms with Crippen LogP contribution in [0.4, 0.5) is 11.4 Å². The summed E-state index contributed by atoms with van der Waals surface area (Å²) in [7, 11) is 0. The SMILES string of the molecule is CCCC[C@@H](CC)C(=O)Nc1ccc(N)cc1. The third-order valence-electron chi connectivity index (χ3n) is 2.95.